The second-order valence-corrected chi connectivity index (χ2v) is 5.04. The number of hydrogen-bond donors (Lipinski definition) is 2. The second kappa shape index (κ2) is 6.86. The number of nitrogens with zero attached hydrogens (tertiary/aromatic N) is 1. The number of para-hydroxylation sites is 1. The van der Waals surface area contributed by atoms with E-state index in [4.69, 9.17) is 5.26 Å². The summed E-state index contributed by atoms with van der Waals surface area (Å²) in [5.41, 5.74) is 1.11. The van der Waals surface area contributed by atoms with Gasteiger partial charge in [0.1, 0.15) is 11.9 Å². The van der Waals surface area contributed by atoms with Crippen LogP contribution in [0.15, 0.2) is 46.9 Å². The van der Waals surface area contributed by atoms with E-state index in [1.54, 1.807) is 12.1 Å². The van der Waals surface area contributed by atoms with Gasteiger partial charge in [0, 0.05) is 10.2 Å². The van der Waals surface area contributed by atoms with E-state index in [2.05, 4.69) is 26.6 Å². The lowest BCUT2D eigenvalue weighted by Gasteiger charge is -2.09. The number of anilines is 2. The minimum Gasteiger partial charge on any atom is -0.376 e. The van der Waals surface area contributed by atoms with E-state index < -0.39 is 5.82 Å². The Morgan fingerprint density at radius 3 is 2.76 bits per heavy atom. The fourth-order valence-corrected chi connectivity index (χ4v) is 2.04. The van der Waals surface area contributed by atoms with Crippen LogP contribution in [0, 0.1) is 17.1 Å². The Balaban J connectivity index is 1.96. The summed E-state index contributed by atoms with van der Waals surface area (Å²) in [6.07, 6.45) is 0. The first-order chi connectivity index (χ1) is 10.1. The van der Waals surface area contributed by atoms with Crippen molar-refractivity contribution >= 4 is 33.2 Å². The molecule has 0 bridgehead atoms. The Labute approximate surface area is 129 Å². The van der Waals surface area contributed by atoms with Crippen molar-refractivity contribution in [1.82, 2.24) is 0 Å². The summed E-state index contributed by atoms with van der Waals surface area (Å²) in [5, 5.41) is 14.3. The maximum atomic E-state index is 13.2. The summed E-state index contributed by atoms with van der Waals surface area (Å²) in [4.78, 5) is 11.8. The van der Waals surface area contributed by atoms with Gasteiger partial charge in [-0.25, -0.2) is 4.39 Å². The number of benzene rings is 2. The van der Waals surface area contributed by atoms with Gasteiger partial charge in [0.05, 0.1) is 17.8 Å². The number of carbonyl (C=O) groups is 1. The molecule has 0 atom stereocenters. The molecular formula is C15H11BrFN3O. The lowest BCUT2D eigenvalue weighted by Crippen LogP contribution is -2.22. The van der Waals surface area contributed by atoms with Crippen LogP contribution in [-0.2, 0) is 4.79 Å². The van der Waals surface area contributed by atoms with E-state index >= 15 is 0 Å². The molecule has 2 N–H and O–H groups in total. The van der Waals surface area contributed by atoms with Crippen LogP contribution in [-0.4, -0.2) is 12.5 Å². The lowest BCUT2D eigenvalue weighted by atomic mass is 10.2. The van der Waals surface area contributed by atoms with Crippen LogP contribution in [0.3, 0.4) is 0 Å². The van der Waals surface area contributed by atoms with Gasteiger partial charge in [0.25, 0.3) is 0 Å². The minimum atomic E-state index is -0.583. The fourth-order valence-electron chi connectivity index (χ4n) is 1.66. The van der Waals surface area contributed by atoms with Gasteiger partial charge < -0.3 is 10.6 Å². The molecular weight excluding hydrogens is 337 g/mol. The third kappa shape index (κ3) is 4.04. The van der Waals surface area contributed by atoms with Crippen molar-refractivity contribution in [2.24, 2.45) is 0 Å². The minimum absolute atomic E-state index is 0.0117. The van der Waals surface area contributed by atoms with Gasteiger partial charge >= 0.3 is 0 Å². The number of hydrogen-bond acceptors (Lipinski definition) is 3. The third-order valence-corrected chi connectivity index (χ3v) is 3.38. The first-order valence-electron chi connectivity index (χ1n) is 6.08. The molecule has 0 aliphatic heterocycles. The molecule has 0 aromatic heterocycles. The predicted molar refractivity (Wildman–Crippen MR) is 82.4 cm³/mol. The van der Waals surface area contributed by atoms with Crippen LogP contribution >= 0.6 is 15.9 Å². The molecule has 21 heavy (non-hydrogen) atoms. The summed E-state index contributed by atoms with van der Waals surface area (Å²) in [6.45, 7) is 0.0117. The van der Waals surface area contributed by atoms with Crippen molar-refractivity contribution in [2.45, 2.75) is 0 Å². The smallest absolute Gasteiger partial charge is 0.243 e. The maximum absolute atomic E-state index is 13.2. The molecule has 4 nitrogen and oxygen atoms in total. The average molecular weight is 348 g/mol. The zero-order valence-electron chi connectivity index (χ0n) is 10.9. The largest absolute Gasteiger partial charge is 0.376 e. The highest BCUT2D eigenvalue weighted by molar-refractivity contribution is 9.10. The van der Waals surface area contributed by atoms with E-state index in [-0.39, 0.29) is 18.0 Å². The van der Waals surface area contributed by atoms with Gasteiger partial charge in [-0.3, -0.25) is 4.79 Å². The van der Waals surface area contributed by atoms with Crippen molar-refractivity contribution in [3.05, 3.63) is 58.3 Å². The normalized spacial score (nSPS) is 9.76. The zero-order valence-corrected chi connectivity index (χ0v) is 12.4. The van der Waals surface area contributed by atoms with Gasteiger partial charge in [-0.1, -0.05) is 12.1 Å². The van der Waals surface area contributed by atoms with E-state index in [0.717, 1.165) is 4.47 Å². The van der Waals surface area contributed by atoms with Crippen molar-refractivity contribution in [1.29, 1.82) is 5.26 Å². The molecule has 0 spiro atoms. The molecule has 0 radical (unpaired) electrons. The molecule has 106 valence electrons. The van der Waals surface area contributed by atoms with Crippen LogP contribution in [0.4, 0.5) is 15.8 Å². The van der Waals surface area contributed by atoms with Crippen molar-refractivity contribution in [3.8, 4) is 6.07 Å². The first-order valence-corrected chi connectivity index (χ1v) is 6.87. The SMILES string of the molecule is N#Cc1cc(NCC(=O)Nc2ccccc2Br)ccc1F. The van der Waals surface area contributed by atoms with Crippen molar-refractivity contribution in [2.75, 3.05) is 17.2 Å². The van der Waals surface area contributed by atoms with Crippen LogP contribution in [0.5, 0.6) is 0 Å². The number of carbonyl (C=O) groups excluding carboxylic acids is 1. The van der Waals surface area contributed by atoms with Crippen LogP contribution in [0.2, 0.25) is 0 Å². The highest BCUT2D eigenvalue weighted by atomic mass is 79.9. The van der Waals surface area contributed by atoms with Gasteiger partial charge in [-0.2, -0.15) is 5.26 Å². The topological polar surface area (TPSA) is 64.9 Å². The zero-order chi connectivity index (χ0) is 15.2. The Morgan fingerprint density at radius 2 is 2.05 bits per heavy atom. The number of amides is 1. The molecule has 0 aliphatic rings. The Kier molecular flexibility index (Phi) is 4.90. The molecule has 2 aromatic rings. The highest BCUT2D eigenvalue weighted by Crippen LogP contribution is 2.21. The third-order valence-electron chi connectivity index (χ3n) is 2.69. The monoisotopic (exact) mass is 347 g/mol. The van der Waals surface area contributed by atoms with Crippen LogP contribution in [0.1, 0.15) is 5.56 Å². The van der Waals surface area contributed by atoms with E-state index in [9.17, 15) is 9.18 Å². The molecule has 0 heterocycles. The summed E-state index contributed by atoms with van der Waals surface area (Å²) in [5.74, 6) is -0.828. The molecule has 0 saturated carbocycles. The summed E-state index contributed by atoms with van der Waals surface area (Å²) >= 11 is 3.33. The van der Waals surface area contributed by atoms with Gasteiger partial charge in [-0.15, -0.1) is 0 Å². The molecule has 0 fully saturated rings. The second-order valence-electron chi connectivity index (χ2n) is 4.19. The molecule has 2 aromatic carbocycles. The first kappa shape index (κ1) is 15.0. The fraction of sp³-hybridized carbons (Fsp3) is 0.0667. The van der Waals surface area contributed by atoms with Crippen molar-refractivity contribution < 1.29 is 9.18 Å². The van der Waals surface area contributed by atoms with Crippen LogP contribution in [0.25, 0.3) is 0 Å². The number of halogens is 2. The molecule has 0 unspecified atom stereocenters. The number of rotatable bonds is 4. The number of nitrogens with one attached hydrogen (secondary N) is 2. The molecule has 0 saturated heterocycles. The van der Waals surface area contributed by atoms with Gasteiger partial charge in [0.2, 0.25) is 5.91 Å². The molecule has 6 heteroatoms. The standard InChI is InChI=1S/C15H11BrFN3O/c16-12-3-1-2-4-14(12)20-15(21)9-19-11-5-6-13(17)10(7-11)8-18/h1-7,19H,9H2,(H,20,21). The molecule has 0 aliphatic carbocycles. The molecule has 2 rings (SSSR count). The Morgan fingerprint density at radius 1 is 1.29 bits per heavy atom. The van der Waals surface area contributed by atoms with Crippen molar-refractivity contribution in [3.63, 3.8) is 0 Å². The van der Waals surface area contributed by atoms with E-state index in [0.29, 0.717) is 11.4 Å². The van der Waals surface area contributed by atoms with E-state index in [1.807, 2.05) is 18.2 Å². The number of nitriles is 1. The maximum Gasteiger partial charge on any atom is 0.243 e. The van der Waals surface area contributed by atoms with Gasteiger partial charge in [0.15, 0.2) is 0 Å². The Hall–Kier alpha value is -2.39. The summed E-state index contributed by atoms with van der Waals surface area (Å²) < 4.78 is 14.0. The lowest BCUT2D eigenvalue weighted by molar-refractivity contribution is -0.114. The molecule has 1 amide bonds. The summed E-state index contributed by atoms with van der Waals surface area (Å²) in [7, 11) is 0. The van der Waals surface area contributed by atoms with Crippen LogP contribution < -0.4 is 10.6 Å². The van der Waals surface area contributed by atoms with Gasteiger partial charge in [-0.05, 0) is 46.3 Å². The highest BCUT2D eigenvalue weighted by Gasteiger charge is 2.06. The quantitative estimate of drug-likeness (QED) is 0.889. The summed E-state index contributed by atoms with van der Waals surface area (Å²) in [6, 6.07) is 13.0. The average Bonchev–Trinajstić information content (AvgIpc) is 2.49. The predicted octanol–water partition coefficient (Wildman–Crippen LogP) is 3.51. The van der Waals surface area contributed by atoms with E-state index in [1.165, 1.54) is 18.2 Å². The Bertz CT molecular complexity index is 712.